The molecule has 0 spiro atoms. The third-order valence-corrected chi connectivity index (χ3v) is 4.02. The van der Waals surface area contributed by atoms with Gasteiger partial charge in [-0.3, -0.25) is 0 Å². The van der Waals surface area contributed by atoms with Gasteiger partial charge in [-0.05, 0) is 42.4 Å². The Morgan fingerprint density at radius 1 is 0.950 bits per heavy atom. The van der Waals surface area contributed by atoms with Gasteiger partial charge in [-0.2, -0.15) is 0 Å². The summed E-state index contributed by atoms with van der Waals surface area (Å²) in [6, 6.07) is 14.3. The molecule has 1 N–H and O–H groups in total. The Morgan fingerprint density at radius 3 is 2.25 bits per heavy atom. The number of nitrogens with one attached hydrogen (secondary N) is 1. The van der Waals surface area contributed by atoms with Crippen molar-refractivity contribution in [3.8, 4) is 0 Å². The van der Waals surface area contributed by atoms with E-state index in [9.17, 15) is 0 Å². The van der Waals surface area contributed by atoms with Gasteiger partial charge in [0.05, 0.1) is 16.1 Å². The molecule has 0 aliphatic heterocycles. The number of benzene rings is 2. The van der Waals surface area contributed by atoms with Gasteiger partial charge in [0.15, 0.2) is 0 Å². The van der Waals surface area contributed by atoms with Crippen LogP contribution in [0, 0.1) is 0 Å². The summed E-state index contributed by atoms with van der Waals surface area (Å²) in [7, 11) is 6.01. The highest BCUT2D eigenvalue weighted by molar-refractivity contribution is 6.42. The van der Waals surface area contributed by atoms with Crippen molar-refractivity contribution in [2.45, 2.75) is 6.04 Å². The molecule has 0 saturated heterocycles. The van der Waals surface area contributed by atoms with E-state index < -0.39 is 0 Å². The molecule has 0 aliphatic rings. The number of hydrogen-bond donors (Lipinski definition) is 1. The molecule has 1 unspecified atom stereocenters. The van der Waals surface area contributed by atoms with Crippen LogP contribution in [0.3, 0.4) is 0 Å². The summed E-state index contributed by atoms with van der Waals surface area (Å²) < 4.78 is 0. The molecule has 1 atom stereocenters. The topological polar surface area (TPSA) is 15.3 Å². The lowest BCUT2D eigenvalue weighted by Crippen LogP contribution is -2.18. The fourth-order valence-electron chi connectivity index (χ4n) is 2.20. The Labute approximate surface area is 130 Å². The zero-order valence-corrected chi connectivity index (χ0v) is 13.3. The molecule has 0 fully saturated rings. The molecule has 2 nitrogen and oxygen atoms in total. The van der Waals surface area contributed by atoms with Gasteiger partial charge in [-0.15, -0.1) is 0 Å². The predicted octanol–water partition coefficient (Wildman–Crippen LogP) is 4.37. The molecule has 0 radical (unpaired) electrons. The van der Waals surface area contributed by atoms with Crippen LogP contribution in [0.2, 0.25) is 10.0 Å². The first-order valence-corrected chi connectivity index (χ1v) is 7.18. The number of hydrogen-bond acceptors (Lipinski definition) is 2. The highest BCUT2D eigenvalue weighted by Gasteiger charge is 2.14. The first-order chi connectivity index (χ1) is 9.52. The van der Waals surface area contributed by atoms with Crippen LogP contribution >= 0.6 is 23.2 Å². The fraction of sp³-hybridized carbons (Fsp3) is 0.250. The van der Waals surface area contributed by atoms with Crippen LogP contribution in [0.4, 0.5) is 5.69 Å². The summed E-state index contributed by atoms with van der Waals surface area (Å²) >= 11 is 12.1. The standard InChI is InChI=1S/C16H18Cl2N2/c1-19-16(12-7-8-14(17)15(18)10-12)11-5-4-6-13(9-11)20(2)3/h4-10,16,19H,1-3H3. The van der Waals surface area contributed by atoms with E-state index in [-0.39, 0.29) is 6.04 Å². The summed E-state index contributed by atoms with van der Waals surface area (Å²) in [5, 5.41) is 4.48. The Balaban J connectivity index is 2.41. The minimum atomic E-state index is 0.0877. The summed E-state index contributed by atoms with van der Waals surface area (Å²) in [5.41, 5.74) is 3.46. The van der Waals surface area contributed by atoms with Gasteiger partial charge in [0.2, 0.25) is 0 Å². The van der Waals surface area contributed by atoms with Crippen molar-refractivity contribution in [1.82, 2.24) is 5.32 Å². The van der Waals surface area contributed by atoms with Crippen LogP contribution in [-0.2, 0) is 0 Å². The Hall–Kier alpha value is -1.22. The highest BCUT2D eigenvalue weighted by atomic mass is 35.5. The summed E-state index contributed by atoms with van der Waals surface area (Å²) in [5.74, 6) is 0. The van der Waals surface area contributed by atoms with Crippen LogP contribution in [0.5, 0.6) is 0 Å². The molecule has 20 heavy (non-hydrogen) atoms. The maximum atomic E-state index is 6.12. The van der Waals surface area contributed by atoms with Crippen LogP contribution in [0.1, 0.15) is 17.2 Å². The van der Waals surface area contributed by atoms with Gasteiger partial charge in [0.1, 0.15) is 0 Å². The molecule has 2 aromatic carbocycles. The lowest BCUT2D eigenvalue weighted by atomic mass is 9.98. The molecule has 106 valence electrons. The molecule has 0 aromatic heterocycles. The first kappa shape index (κ1) is 15.2. The van der Waals surface area contributed by atoms with Crippen molar-refractivity contribution in [3.05, 3.63) is 63.6 Å². The number of halogens is 2. The highest BCUT2D eigenvalue weighted by Crippen LogP contribution is 2.29. The average Bonchev–Trinajstić information content (AvgIpc) is 2.44. The Bertz CT molecular complexity index is 597. The largest absolute Gasteiger partial charge is 0.378 e. The number of anilines is 1. The molecule has 0 amide bonds. The normalized spacial score (nSPS) is 12.2. The molecular formula is C16H18Cl2N2. The SMILES string of the molecule is CNC(c1cccc(N(C)C)c1)c1ccc(Cl)c(Cl)c1. The van der Waals surface area contributed by atoms with Crippen LogP contribution < -0.4 is 10.2 Å². The van der Waals surface area contributed by atoms with E-state index in [1.54, 1.807) is 0 Å². The third kappa shape index (κ3) is 3.26. The van der Waals surface area contributed by atoms with E-state index in [2.05, 4.69) is 34.5 Å². The number of rotatable bonds is 4. The first-order valence-electron chi connectivity index (χ1n) is 6.42. The summed E-state index contributed by atoms with van der Waals surface area (Å²) in [6.45, 7) is 0. The van der Waals surface area contributed by atoms with Gasteiger partial charge < -0.3 is 10.2 Å². The number of nitrogens with zero attached hydrogens (tertiary/aromatic N) is 1. The smallest absolute Gasteiger partial charge is 0.0595 e. The Morgan fingerprint density at radius 2 is 1.65 bits per heavy atom. The van der Waals surface area contributed by atoms with Gasteiger partial charge in [-0.1, -0.05) is 41.4 Å². The van der Waals surface area contributed by atoms with Crippen LogP contribution in [-0.4, -0.2) is 21.1 Å². The van der Waals surface area contributed by atoms with Gasteiger partial charge in [-0.25, -0.2) is 0 Å². The van der Waals surface area contributed by atoms with Gasteiger partial charge in [0, 0.05) is 19.8 Å². The molecule has 2 rings (SSSR count). The zero-order valence-electron chi connectivity index (χ0n) is 11.8. The zero-order chi connectivity index (χ0) is 14.7. The van der Waals surface area contributed by atoms with Gasteiger partial charge in [0.25, 0.3) is 0 Å². The minimum absolute atomic E-state index is 0.0877. The Kier molecular flexibility index (Phi) is 4.92. The van der Waals surface area contributed by atoms with Crippen LogP contribution in [0.15, 0.2) is 42.5 Å². The molecule has 4 heteroatoms. The van der Waals surface area contributed by atoms with Crippen molar-refractivity contribution in [2.75, 3.05) is 26.0 Å². The van der Waals surface area contributed by atoms with Crippen LogP contribution in [0.25, 0.3) is 0 Å². The molecule has 0 bridgehead atoms. The van der Waals surface area contributed by atoms with E-state index in [0.29, 0.717) is 10.0 Å². The fourth-order valence-corrected chi connectivity index (χ4v) is 2.51. The second-order valence-electron chi connectivity index (χ2n) is 4.88. The van der Waals surface area contributed by atoms with Crippen molar-refractivity contribution in [2.24, 2.45) is 0 Å². The minimum Gasteiger partial charge on any atom is -0.378 e. The van der Waals surface area contributed by atoms with Crippen molar-refractivity contribution >= 4 is 28.9 Å². The molecule has 0 heterocycles. The van der Waals surface area contributed by atoms with E-state index in [4.69, 9.17) is 23.2 Å². The van der Waals surface area contributed by atoms with Crippen molar-refractivity contribution in [1.29, 1.82) is 0 Å². The summed E-state index contributed by atoms with van der Waals surface area (Å²) in [6.07, 6.45) is 0. The van der Waals surface area contributed by atoms with Crippen molar-refractivity contribution in [3.63, 3.8) is 0 Å². The monoisotopic (exact) mass is 308 g/mol. The van der Waals surface area contributed by atoms with E-state index in [0.717, 1.165) is 5.56 Å². The van der Waals surface area contributed by atoms with Crippen molar-refractivity contribution < 1.29 is 0 Å². The molecule has 0 aliphatic carbocycles. The second kappa shape index (κ2) is 6.49. The van der Waals surface area contributed by atoms with E-state index in [1.165, 1.54) is 11.3 Å². The maximum Gasteiger partial charge on any atom is 0.0595 e. The van der Waals surface area contributed by atoms with E-state index >= 15 is 0 Å². The lowest BCUT2D eigenvalue weighted by Gasteiger charge is -2.20. The second-order valence-corrected chi connectivity index (χ2v) is 5.70. The molecular weight excluding hydrogens is 291 g/mol. The average molecular weight is 309 g/mol. The predicted molar refractivity (Wildman–Crippen MR) is 88.1 cm³/mol. The summed E-state index contributed by atoms with van der Waals surface area (Å²) in [4.78, 5) is 2.09. The maximum absolute atomic E-state index is 6.12. The third-order valence-electron chi connectivity index (χ3n) is 3.29. The molecule has 0 saturated carbocycles. The van der Waals surface area contributed by atoms with Gasteiger partial charge >= 0.3 is 0 Å². The van der Waals surface area contributed by atoms with E-state index in [1.807, 2.05) is 39.3 Å². The quantitative estimate of drug-likeness (QED) is 0.902. The molecule has 2 aromatic rings. The lowest BCUT2D eigenvalue weighted by molar-refractivity contribution is 0.692.